The van der Waals surface area contributed by atoms with Gasteiger partial charge in [-0.3, -0.25) is 13.9 Å². The highest BCUT2D eigenvalue weighted by Crippen LogP contribution is 2.27. The lowest BCUT2D eigenvalue weighted by Crippen LogP contribution is -2.52. The van der Waals surface area contributed by atoms with Crippen LogP contribution in [0.4, 0.5) is 10.1 Å². The molecule has 0 aliphatic heterocycles. The third kappa shape index (κ3) is 9.53. The molecule has 7 nitrogen and oxygen atoms in total. The van der Waals surface area contributed by atoms with E-state index >= 15 is 0 Å². The van der Waals surface area contributed by atoms with Crippen molar-refractivity contribution in [2.75, 3.05) is 17.1 Å². The lowest BCUT2D eigenvalue weighted by atomic mass is 9.94. The lowest BCUT2D eigenvalue weighted by Gasteiger charge is -2.34. The molecule has 0 radical (unpaired) electrons. The Hall–Kier alpha value is -3.43. The summed E-state index contributed by atoms with van der Waals surface area (Å²) in [6, 6.07) is 19.8. The van der Waals surface area contributed by atoms with Gasteiger partial charge in [-0.25, -0.2) is 12.8 Å². The van der Waals surface area contributed by atoms with Crippen molar-refractivity contribution in [1.82, 2.24) is 10.2 Å². The molecular formula is C34H41ClFN3O4S. The first-order valence-electron chi connectivity index (χ1n) is 15.1. The molecule has 0 heterocycles. The molecule has 3 aromatic rings. The van der Waals surface area contributed by atoms with Crippen molar-refractivity contribution < 1.29 is 22.4 Å². The minimum atomic E-state index is -3.66. The lowest BCUT2D eigenvalue weighted by molar-refractivity contribution is -0.141. The van der Waals surface area contributed by atoms with Gasteiger partial charge in [-0.1, -0.05) is 79.4 Å². The maximum Gasteiger partial charge on any atom is 0.243 e. The summed E-state index contributed by atoms with van der Waals surface area (Å²) in [7, 11) is -3.66. The Morgan fingerprint density at radius 3 is 2.32 bits per heavy atom. The summed E-state index contributed by atoms with van der Waals surface area (Å²) in [5.41, 5.74) is 2.80. The van der Waals surface area contributed by atoms with Gasteiger partial charge in [0.25, 0.3) is 0 Å². The van der Waals surface area contributed by atoms with E-state index in [4.69, 9.17) is 11.6 Å². The van der Waals surface area contributed by atoms with E-state index < -0.39 is 16.1 Å². The summed E-state index contributed by atoms with van der Waals surface area (Å²) in [5.74, 6) is -0.895. The molecule has 0 aromatic heterocycles. The fourth-order valence-corrected chi connectivity index (χ4v) is 6.90. The Balaban J connectivity index is 1.60. The fraction of sp³-hybridized carbons (Fsp3) is 0.412. The molecular weight excluding hydrogens is 601 g/mol. The van der Waals surface area contributed by atoms with Gasteiger partial charge >= 0.3 is 0 Å². The van der Waals surface area contributed by atoms with E-state index in [1.54, 1.807) is 42.2 Å². The standard InChI is InChI=1S/C34H41ClFN3O4S/c1-25-15-18-28(35)23-31(25)39(44(2,42)43)21-9-14-33(40)38(24-27-16-19-29(36)20-17-27)32(22-26-10-5-3-6-11-26)34(41)37-30-12-7-4-8-13-30/h3,5-6,10-11,15-20,23,30,32H,4,7-9,12-14,21-22,24H2,1-2H3,(H,37,41)/t32-/m1/s1. The van der Waals surface area contributed by atoms with Crippen molar-refractivity contribution in [2.24, 2.45) is 0 Å². The average Bonchev–Trinajstić information content (AvgIpc) is 2.99. The second-order valence-corrected chi connectivity index (χ2v) is 13.9. The highest BCUT2D eigenvalue weighted by molar-refractivity contribution is 7.92. The molecule has 1 N–H and O–H groups in total. The summed E-state index contributed by atoms with van der Waals surface area (Å²) >= 11 is 6.18. The average molecular weight is 642 g/mol. The monoisotopic (exact) mass is 641 g/mol. The van der Waals surface area contributed by atoms with E-state index in [-0.39, 0.29) is 49.6 Å². The predicted octanol–water partition coefficient (Wildman–Crippen LogP) is 6.42. The molecule has 1 saturated carbocycles. The number of hydrogen-bond donors (Lipinski definition) is 1. The van der Waals surface area contributed by atoms with Crippen molar-refractivity contribution in [3.8, 4) is 0 Å². The van der Waals surface area contributed by atoms with Crippen LogP contribution in [-0.2, 0) is 32.6 Å². The Kier molecular flexibility index (Phi) is 11.8. The number of anilines is 1. The first-order valence-corrected chi connectivity index (χ1v) is 17.4. The largest absolute Gasteiger partial charge is 0.352 e. The van der Waals surface area contributed by atoms with Crippen LogP contribution in [0.1, 0.15) is 61.6 Å². The Morgan fingerprint density at radius 2 is 1.66 bits per heavy atom. The van der Waals surface area contributed by atoms with Gasteiger partial charge < -0.3 is 10.2 Å². The first kappa shape index (κ1) is 33.5. The van der Waals surface area contributed by atoms with Gasteiger partial charge in [0.1, 0.15) is 11.9 Å². The van der Waals surface area contributed by atoms with E-state index in [2.05, 4.69) is 5.32 Å². The number of amides is 2. The molecule has 3 aromatic carbocycles. The zero-order valence-electron chi connectivity index (χ0n) is 25.3. The van der Waals surface area contributed by atoms with Gasteiger partial charge in [0, 0.05) is 37.0 Å². The Labute approximate surface area is 265 Å². The SMILES string of the molecule is Cc1ccc(Cl)cc1N(CCCC(=O)N(Cc1ccc(F)cc1)[C@H](Cc1ccccc1)C(=O)NC1CCCCC1)S(C)(=O)=O. The van der Waals surface area contributed by atoms with Gasteiger partial charge in [-0.15, -0.1) is 0 Å². The normalized spacial score (nSPS) is 14.5. The van der Waals surface area contributed by atoms with Crippen LogP contribution < -0.4 is 9.62 Å². The van der Waals surface area contributed by atoms with Gasteiger partial charge in [-0.05, 0) is 67.1 Å². The zero-order valence-corrected chi connectivity index (χ0v) is 26.9. The minimum absolute atomic E-state index is 0.00876. The Morgan fingerprint density at radius 1 is 0.977 bits per heavy atom. The van der Waals surface area contributed by atoms with Crippen molar-refractivity contribution in [3.63, 3.8) is 0 Å². The number of rotatable bonds is 13. The quantitative estimate of drug-likeness (QED) is 0.233. The first-order chi connectivity index (χ1) is 21.0. The highest BCUT2D eigenvalue weighted by atomic mass is 35.5. The topological polar surface area (TPSA) is 86.8 Å². The maximum absolute atomic E-state index is 14.0. The van der Waals surface area contributed by atoms with Crippen molar-refractivity contribution in [2.45, 2.75) is 76.9 Å². The van der Waals surface area contributed by atoms with Crippen LogP contribution in [0.2, 0.25) is 5.02 Å². The predicted molar refractivity (Wildman–Crippen MR) is 174 cm³/mol. The summed E-state index contributed by atoms with van der Waals surface area (Å²) in [4.78, 5) is 29.5. The van der Waals surface area contributed by atoms with Gasteiger partial charge in [0.2, 0.25) is 21.8 Å². The number of benzene rings is 3. The summed E-state index contributed by atoms with van der Waals surface area (Å²) in [5, 5.41) is 3.61. The summed E-state index contributed by atoms with van der Waals surface area (Å²) in [6.45, 7) is 1.98. The van der Waals surface area contributed by atoms with Crippen LogP contribution in [0.5, 0.6) is 0 Å². The number of sulfonamides is 1. The van der Waals surface area contributed by atoms with E-state index in [0.717, 1.165) is 49.5 Å². The number of halogens is 2. The second-order valence-electron chi connectivity index (χ2n) is 11.6. The van der Waals surface area contributed by atoms with Crippen molar-refractivity contribution >= 4 is 39.1 Å². The molecule has 10 heteroatoms. The van der Waals surface area contributed by atoms with E-state index in [0.29, 0.717) is 22.7 Å². The molecule has 2 amide bonds. The molecule has 1 aliphatic carbocycles. The van der Waals surface area contributed by atoms with Crippen LogP contribution in [0, 0.1) is 12.7 Å². The molecule has 236 valence electrons. The molecule has 0 unspecified atom stereocenters. The van der Waals surface area contributed by atoms with Crippen LogP contribution in [0.3, 0.4) is 0 Å². The van der Waals surface area contributed by atoms with E-state index in [1.165, 1.54) is 16.4 Å². The second kappa shape index (κ2) is 15.5. The smallest absolute Gasteiger partial charge is 0.243 e. The molecule has 0 saturated heterocycles. The third-order valence-electron chi connectivity index (χ3n) is 8.08. The fourth-order valence-electron chi connectivity index (χ4n) is 5.72. The van der Waals surface area contributed by atoms with Crippen LogP contribution in [0.25, 0.3) is 0 Å². The molecule has 1 atom stereocenters. The number of nitrogens with zero attached hydrogens (tertiary/aromatic N) is 2. The van der Waals surface area contributed by atoms with Crippen LogP contribution in [0.15, 0.2) is 72.8 Å². The molecule has 4 rings (SSSR count). The molecule has 1 aliphatic rings. The third-order valence-corrected chi connectivity index (χ3v) is 9.50. The van der Waals surface area contributed by atoms with Crippen molar-refractivity contribution in [1.29, 1.82) is 0 Å². The maximum atomic E-state index is 14.0. The number of carbonyl (C=O) groups excluding carboxylic acids is 2. The van der Waals surface area contributed by atoms with Gasteiger partial charge in [-0.2, -0.15) is 0 Å². The van der Waals surface area contributed by atoms with Crippen LogP contribution >= 0.6 is 11.6 Å². The summed E-state index contributed by atoms with van der Waals surface area (Å²) < 4.78 is 40.5. The molecule has 0 spiro atoms. The molecule has 1 fully saturated rings. The van der Waals surface area contributed by atoms with Crippen LogP contribution in [-0.4, -0.2) is 50.0 Å². The summed E-state index contributed by atoms with van der Waals surface area (Å²) in [6.07, 6.45) is 6.72. The van der Waals surface area contributed by atoms with E-state index in [1.807, 2.05) is 30.3 Å². The van der Waals surface area contributed by atoms with E-state index in [9.17, 15) is 22.4 Å². The number of hydrogen-bond acceptors (Lipinski definition) is 4. The number of nitrogens with one attached hydrogen (secondary N) is 1. The number of aryl methyl sites for hydroxylation is 1. The minimum Gasteiger partial charge on any atom is -0.352 e. The molecule has 0 bridgehead atoms. The van der Waals surface area contributed by atoms with Crippen molar-refractivity contribution in [3.05, 3.63) is 100 Å². The number of carbonyl (C=O) groups is 2. The molecule has 44 heavy (non-hydrogen) atoms. The van der Waals surface area contributed by atoms with Gasteiger partial charge in [0.15, 0.2) is 0 Å². The Bertz CT molecular complexity index is 1510. The zero-order chi connectivity index (χ0) is 31.7. The highest BCUT2D eigenvalue weighted by Gasteiger charge is 2.32. The van der Waals surface area contributed by atoms with Gasteiger partial charge in [0.05, 0.1) is 11.9 Å².